The van der Waals surface area contributed by atoms with E-state index in [-0.39, 0.29) is 11.8 Å². The summed E-state index contributed by atoms with van der Waals surface area (Å²) in [6, 6.07) is 1.90. The van der Waals surface area contributed by atoms with E-state index in [2.05, 4.69) is 31.6 Å². The van der Waals surface area contributed by atoms with Gasteiger partial charge in [-0.25, -0.2) is 0 Å². The lowest BCUT2D eigenvalue weighted by molar-refractivity contribution is -0.114. The second-order valence-electron chi connectivity index (χ2n) is 6.64. The van der Waals surface area contributed by atoms with Crippen LogP contribution in [0.4, 0.5) is 5.82 Å². The Labute approximate surface area is 146 Å². The van der Waals surface area contributed by atoms with E-state index in [1.807, 2.05) is 27.0 Å². The Balaban J connectivity index is 1.68. The van der Waals surface area contributed by atoms with Crippen LogP contribution in [0.3, 0.4) is 0 Å². The van der Waals surface area contributed by atoms with Gasteiger partial charge in [0.2, 0.25) is 17.7 Å². The number of nitrogens with zero attached hydrogens (tertiary/aromatic N) is 5. The third kappa shape index (κ3) is 4.14. The maximum absolute atomic E-state index is 11.3. The average Bonchev–Trinajstić information content (AvgIpc) is 3.15. The molecule has 0 saturated carbocycles. The zero-order valence-corrected chi connectivity index (χ0v) is 15.1. The Kier molecular flexibility index (Phi) is 4.98. The molecule has 0 unspecified atom stereocenters. The number of aromatic nitrogens is 4. The highest BCUT2D eigenvalue weighted by Gasteiger charge is 2.20. The van der Waals surface area contributed by atoms with E-state index >= 15 is 0 Å². The normalized spacial score (nSPS) is 15.5. The molecule has 1 amide bonds. The smallest absolute Gasteiger partial charge is 0.230 e. The second kappa shape index (κ2) is 7.18. The summed E-state index contributed by atoms with van der Waals surface area (Å²) in [5, 5.41) is 15.5. The molecule has 0 atom stereocenters. The van der Waals surface area contributed by atoms with Crippen molar-refractivity contribution in [1.82, 2.24) is 24.9 Å². The number of hydrogen-bond donors (Lipinski definition) is 1. The summed E-state index contributed by atoms with van der Waals surface area (Å²) in [5.41, 5.74) is 2.02. The number of carbonyl (C=O) groups is 1. The third-order valence-electron chi connectivity index (χ3n) is 4.08. The van der Waals surface area contributed by atoms with Gasteiger partial charge in [0.05, 0.1) is 12.2 Å². The molecule has 0 saturated heterocycles. The first-order valence-corrected chi connectivity index (χ1v) is 8.48. The zero-order valence-electron chi connectivity index (χ0n) is 15.1. The van der Waals surface area contributed by atoms with Crippen molar-refractivity contribution in [2.75, 3.05) is 18.4 Å². The SMILES string of the molecule is CC(=O)Nc1cc(C2=CCCN(Cc3nnc(C(C)C)o3)C2)nn1C. The molecule has 1 aliphatic heterocycles. The molecule has 0 fully saturated rings. The molecule has 2 aromatic rings. The molecule has 25 heavy (non-hydrogen) atoms. The van der Waals surface area contributed by atoms with Gasteiger partial charge >= 0.3 is 0 Å². The number of rotatable bonds is 5. The summed E-state index contributed by atoms with van der Waals surface area (Å²) in [6.07, 6.45) is 3.14. The maximum atomic E-state index is 11.3. The number of hydrogen-bond acceptors (Lipinski definition) is 6. The minimum atomic E-state index is -0.105. The Morgan fingerprint density at radius 3 is 2.88 bits per heavy atom. The van der Waals surface area contributed by atoms with Crippen molar-refractivity contribution in [2.24, 2.45) is 7.05 Å². The first kappa shape index (κ1) is 17.3. The van der Waals surface area contributed by atoms with Gasteiger partial charge in [0, 0.05) is 39.0 Å². The molecule has 2 aromatic heterocycles. The van der Waals surface area contributed by atoms with E-state index in [4.69, 9.17) is 4.42 Å². The fourth-order valence-corrected chi connectivity index (χ4v) is 2.80. The topological polar surface area (TPSA) is 89.1 Å². The quantitative estimate of drug-likeness (QED) is 0.894. The van der Waals surface area contributed by atoms with Crippen molar-refractivity contribution in [3.05, 3.63) is 29.6 Å². The highest BCUT2D eigenvalue weighted by atomic mass is 16.4. The fourth-order valence-electron chi connectivity index (χ4n) is 2.80. The number of carbonyl (C=O) groups excluding carboxylic acids is 1. The van der Waals surface area contributed by atoms with Crippen LogP contribution in [0.25, 0.3) is 5.57 Å². The van der Waals surface area contributed by atoms with E-state index < -0.39 is 0 Å². The number of anilines is 1. The molecule has 0 aliphatic carbocycles. The highest BCUT2D eigenvalue weighted by Crippen LogP contribution is 2.23. The van der Waals surface area contributed by atoms with Gasteiger partial charge in [-0.2, -0.15) is 5.10 Å². The molecule has 8 heteroatoms. The Hall–Kier alpha value is -2.48. The molecule has 8 nitrogen and oxygen atoms in total. The third-order valence-corrected chi connectivity index (χ3v) is 4.08. The molecule has 134 valence electrons. The van der Waals surface area contributed by atoms with Gasteiger partial charge < -0.3 is 9.73 Å². The van der Waals surface area contributed by atoms with Crippen LogP contribution in [0, 0.1) is 0 Å². The van der Waals surface area contributed by atoms with Gasteiger partial charge in [-0.1, -0.05) is 19.9 Å². The van der Waals surface area contributed by atoms with Crippen molar-refractivity contribution in [2.45, 2.75) is 39.7 Å². The Morgan fingerprint density at radius 2 is 2.20 bits per heavy atom. The van der Waals surface area contributed by atoms with Crippen LogP contribution >= 0.6 is 0 Å². The standard InChI is InChI=1S/C17H24N6O2/c1-11(2)17-20-19-16(25-17)10-23-7-5-6-13(9-23)14-8-15(18-12(3)24)22(4)21-14/h6,8,11H,5,7,9-10H2,1-4H3,(H,18,24). The van der Waals surface area contributed by atoms with E-state index in [9.17, 15) is 4.79 Å². The number of amides is 1. The van der Waals surface area contributed by atoms with Crippen LogP contribution in [0.5, 0.6) is 0 Å². The van der Waals surface area contributed by atoms with E-state index in [1.54, 1.807) is 4.68 Å². The summed E-state index contributed by atoms with van der Waals surface area (Å²) >= 11 is 0. The molecule has 0 aromatic carbocycles. The molecule has 3 heterocycles. The number of aryl methyl sites for hydroxylation is 1. The van der Waals surface area contributed by atoms with Gasteiger partial charge in [-0.15, -0.1) is 10.2 Å². The highest BCUT2D eigenvalue weighted by molar-refractivity contribution is 5.88. The van der Waals surface area contributed by atoms with Crippen molar-refractivity contribution in [1.29, 1.82) is 0 Å². The van der Waals surface area contributed by atoms with Gasteiger partial charge in [-0.05, 0) is 12.0 Å². The lowest BCUT2D eigenvalue weighted by atomic mass is 10.1. The molecule has 0 bridgehead atoms. The van der Waals surface area contributed by atoms with Crippen LogP contribution in [0.15, 0.2) is 16.6 Å². The predicted molar refractivity (Wildman–Crippen MR) is 93.8 cm³/mol. The summed E-state index contributed by atoms with van der Waals surface area (Å²) in [7, 11) is 1.82. The van der Waals surface area contributed by atoms with Crippen molar-refractivity contribution in [3.8, 4) is 0 Å². The van der Waals surface area contributed by atoms with E-state index in [0.29, 0.717) is 24.1 Å². The van der Waals surface area contributed by atoms with Gasteiger partial charge in [0.15, 0.2) is 0 Å². The predicted octanol–water partition coefficient (Wildman–Crippen LogP) is 2.17. The van der Waals surface area contributed by atoms with Crippen molar-refractivity contribution >= 4 is 17.3 Å². The van der Waals surface area contributed by atoms with E-state index in [0.717, 1.165) is 30.8 Å². The molecule has 3 rings (SSSR count). The van der Waals surface area contributed by atoms with Crippen molar-refractivity contribution in [3.63, 3.8) is 0 Å². The lowest BCUT2D eigenvalue weighted by Crippen LogP contribution is -2.29. The van der Waals surface area contributed by atoms with Gasteiger partial charge in [-0.3, -0.25) is 14.4 Å². The lowest BCUT2D eigenvalue weighted by Gasteiger charge is -2.25. The molecule has 0 radical (unpaired) electrons. The minimum Gasteiger partial charge on any atom is -0.424 e. The molecule has 0 spiro atoms. The fraction of sp³-hybridized carbons (Fsp3) is 0.529. The van der Waals surface area contributed by atoms with Crippen LogP contribution in [0.1, 0.15) is 50.6 Å². The zero-order chi connectivity index (χ0) is 18.0. The van der Waals surface area contributed by atoms with Crippen LogP contribution in [-0.4, -0.2) is 43.9 Å². The maximum Gasteiger partial charge on any atom is 0.230 e. The molecular formula is C17H24N6O2. The second-order valence-corrected chi connectivity index (χ2v) is 6.64. The Bertz CT molecular complexity index is 789. The largest absolute Gasteiger partial charge is 0.424 e. The van der Waals surface area contributed by atoms with Gasteiger partial charge in [0.25, 0.3) is 0 Å². The van der Waals surface area contributed by atoms with Crippen molar-refractivity contribution < 1.29 is 9.21 Å². The molecule has 1 aliphatic rings. The summed E-state index contributed by atoms with van der Waals surface area (Å²) < 4.78 is 7.39. The molecular weight excluding hydrogens is 320 g/mol. The monoisotopic (exact) mass is 344 g/mol. The first-order chi connectivity index (χ1) is 11.9. The van der Waals surface area contributed by atoms with Gasteiger partial charge in [0.1, 0.15) is 5.82 Å². The number of nitrogens with one attached hydrogen (secondary N) is 1. The first-order valence-electron chi connectivity index (χ1n) is 8.48. The summed E-state index contributed by atoms with van der Waals surface area (Å²) in [6.45, 7) is 7.89. The summed E-state index contributed by atoms with van der Waals surface area (Å²) in [4.78, 5) is 13.5. The molecule has 1 N–H and O–H groups in total. The average molecular weight is 344 g/mol. The Morgan fingerprint density at radius 1 is 1.40 bits per heavy atom. The summed E-state index contributed by atoms with van der Waals surface area (Å²) in [5.74, 6) is 2.14. The minimum absolute atomic E-state index is 0.105. The van der Waals surface area contributed by atoms with Crippen LogP contribution in [0.2, 0.25) is 0 Å². The van der Waals surface area contributed by atoms with Crippen LogP contribution in [-0.2, 0) is 18.4 Å². The van der Waals surface area contributed by atoms with Crippen LogP contribution < -0.4 is 5.32 Å². The van der Waals surface area contributed by atoms with E-state index in [1.165, 1.54) is 6.92 Å².